The second kappa shape index (κ2) is 8.85. The Kier molecular flexibility index (Phi) is 6.13. The number of hydrogen-bond donors (Lipinski definition) is 1. The fraction of sp³-hybridized carbons (Fsp3) is 0.238. The third-order valence-corrected chi connectivity index (χ3v) is 8.18. The summed E-state index contributed by atoms with van der Waals surface area (Å²) in [5.74, 6) is -0.154. The quantitative estimate of drug-likeness (QED) is 0.690. The molecular formula is C21H22N4O5S2. The van der Waals surface area contributed by atoms with Crippen LogP contribution < -0.4 is 4.72 Å². The van der Waals surface area contributed by atoms with Gasteiger partial charge < -0.3 is 4.90 Å². The van der Waals surface area contributed by atoms with Gasteiger partial charge in [0.2, 0.25) is 15.9 Å². The number of amidine groups is 1. The van der Waals surface area contributed by atoms with Gasteiger partial charge in [0.05, 0.1) is 4.90 Å². The van der Waals surface area contributed by atoms with Gasteiger partial charge >= 0.3 is 0 Å². The Morgan fingerprint density at radius 3 is 2.38 bits per heavy atom. The van der Waals surface area contributed by atoms with E-state index in [0.29, 0.717) is 5.56 Å². The molecule has 0 unspecified atom stereocenters. The summed E-state index contributed by atoms with van der Waals surface area (Å²) in [5.41, 5.74) is 1.22. The van der Waals surface area contributed by atoms with Gasteiger partial charge in [0.25, 0.3) is 10.0 Å². The summed E-state index contributed by atoms with van der Waals surface area (Å²) in [6.07, 6.45) is 1.55. The van der Waals surface area contributed by atoms with Crippen LogP contribution in [0, 0.1) is 0 Å². The van der Waals surface area contributed by atoms with Crippen LogP contribution in [0.5, 0.6) is 0 Å². The SMILES string of the molecule is O=C(CN=C1NS(=O)(=O)c2ccccc21)N1CCN(S(=O)(=O)/C=C/c2ccccc2)CC1. The topological polar surface area (TPSA) is 116 Å². The molecule has 4 rings (SSSR count). The van der Waals surface area contributed by atoms with Gasteiger partial charge in [0.1, 0.15) is 12.4 Å². The Morgan fingerprint density at radius 1 is 1.00 bits per heavy atom. The van der Waals surface area contributed by atoms with Crippen molar-refractivity contribution >= 4 is 37.9 Å². The van der Waals surface area contributed by atoms with Crippen LogP contribution in [0.1, 0.15) is 11.1 Å². The summed E-state index contributed by atoms with van der Waals surface area (Å²) in [4.78, 5) is 18.4. The minimum atomic E-state index is -3.66. The first-order valence-electron chi connectivity index (χ1n) is 9.94. The summed E-state index contributed by atoms with van der Waals surface area (Å²) in [6.45, 7) is 0.611. The number of carbonyl (C=O) groups excluding carboxylic acids is 1. The summed E-state index contributed by atoms with van der Waals surface area (Å²) in [7, 11) is -7.25. The summed E-state index contributed by atoms with van der Waals surface area (Å²) in [6, 6.07) is 15.6. The largest absolute Gasteiger partial charge is 0.338 e. The van der Waals surface area contributed by atoms with Crippen molar-refractivity contribution in [2.45, 2.75) is 4.90 Å². The molecule has 168 valence electrons. The summed E-state index contributed by atoms with van der Waals surface area (Å²) in [5, 5.41) is 1.18. The van der Waals surface area contributed by atoms with Gasteiger partial charge in [-0.1, -0.05) is 42.5 Å². The van der Waals surface area contributed by atoms with E-state index in [-0.39, 0.29) is 49.4 Å². The number of amides is 1. The highest BCUT2D eigenvalue weighted by Gasteiger charge is 2.31. The van der Waals surface area contributed by atoms with E-state index in [2.05, 4.69) is 9.71 Å². The van der Waals surface area contributed by atoms with E-state index in [1.54, 1.807) is 24.3 Å². The lowest BCUT2D eigenvalue weighted by Gasteiger charge is -2.33. The van der Waals surface area contributed by atoms with E-state index in [1.165, 1.54) is 20.7 Å². The average Bonchev–Trinajstić information content (AvgIpc) is 3.07. The zero-order valence-corrected chi connectivity index (χ0v) is 18.7. The highest BCUT2D eigenvalue weighted by molar-refractivity contribution is 7.92. The number of benzene rings is 2. The number of nitrogens with zero attached hydrogens (tertiary/aromatic N) is 3. The molecule has 1 amide bonds. The lowest BCUT2D eigenvalue weighted by molar-refractivity contribution is -0.130. The van der Waals surface area contributed by atoms with Crippen molar-refractivity contribution in [3.05, 3.63) is 71.1 Å². The molecule has 0 spiro atoms. The van der Waals surface area contributed by atoms with E-state index < -0.39 is 20.0 Å². The van der Waals surface area contributed by atoms with Crippen LogP contribution in [0.15, 0.2) is 69.9 Å². The van der Waals surface area contributed by atoms with Gasteiger partial charge in [0, 0.05) is 37.2 Å². The molecular weight excluding hydrogens is 452 g/mol. The predicted molar refractivity (Wildman–Crippen MR) is 121 cm³/mol. The highest BCUT2D eigenvalue weighted by Crippen LogP contribution is 2.22. The van der Waals surface area contributed by atoms with Gasteiger partial charge in [-0.05, 0) is 23.8 Å². The van der Waals surface area contributed by atoms with E-state index in [0.717, 1.165) is 5.56 Å². The molecule has 0 bridgehead atoms. The normalized spacial score (nSPS) is 19.8. The number of carbonyl (C=O) groups is 1. The van der Waals surface area contributed by atoms with E-state index >= 15 is 0 Å². The fourth-order valence-electron chi connectivity index (χ4n) is 3.50. The van der Waals surface area contributed by atoms with E-state index in [1.807, 2.05) is 30.3 Å². The molecule has 0 aromatic heterocycles. The highest BCUT2D eigenvalue weighted by atomic mass is 32.2. The van der Waals surface area contributed by atoms with Gasteiger partial charge in [0.15, 0.2) is 0 Å². The third kappa shape index (κ3) is 4.74. The van der Waals surface area contributed by atoms with Crippen LogP contribution in [0.4, 0.5) is 0 Å². The van der Waals surface area contributed by atoms with Crippen LogP contribution in [0.3, 0.4) is 0 Å². The molecule has 2 aromatic carbocycles. The van der Waals surface area contributed by atoms with Crippen molar-refractivity contribution in [3.8, 4) is 0 Å². The molecule has 0 radical (unpaired) electrons. The van der Waals surface area contributed by atoms with Gasteiger partial charge in [-0.25, -0.2) is 16.8 Å². The van der Waals surface area contributed by atoms with Gasteiger partial charge in [-0.2, -0.15) is 4.31 Å². The van der Waals surface area contributed by atoms with Crippen molar-refractivity contribution in [2.75, 3.05) is 32.7 Å². The molecule has 11 heteroatoms. The number of aliphatic imine (C=N–C) groups is 1. The molecule has 0 atom stereocenters. The summed E-state index contributed by atoms with van der Waals surface area (Å²) < 4.78 is 53.1. The van der Waals surface area contributed by atoms with E-state index in [9.17, 15) is 21.6 Å². The molecule has 1 saturated heterocycles. The van der Waals surface area contributed by atoms with Crippen LogP contribution in [-0.2, 0) is 24.8 Å². The zero-order chi connectivity index (χ0) is 22.8. The lowest BCUT2D eigenvalue weighted by Crippen LogP contribution is -2.50. The number of rotatable bonds is 5. The average molecular weight is 475 g/mol. The monoisotopic (exact) mass is 474 g/mol. The number of piperazine rings is 1. The van der Waals surface area contributed by atoms with Crippen molar-refractivity contribution in [3.63, 3.8) is 0 Å². The molecule has 1 fully saturated rings. The number of sulfonamides is 2. The first kappa shape index (κ1) is 22.2. The minimum Gasteiger partial charge on any atom is -0.338 e. The number of hydrogen-bond acceptors (Lipinski definition) is 6. The second-order valence-corrected chi connectivity index (χ2v) is 10.8. The fourth-order valence-corrected chi connectivity index (χ4v) is 5.93. The standard InChI is InChI=1S/C21H22N4O5S2/c26-20(16-22-21-18-8-4-5-9-19(18)32(29,30)23-21)24-11-13-25(14-12-24)31(27,28)15-10-17-6-2-1-3-7-17/h1-10,15H,11-14,16H2,(H,22,23)/b15-10+. The third-order valence-electron chi connectivity index (χ3n) is 5.22. The number of fused-ring (bicyclic) bond motifs is 1. The molecule has 32 heavy (non-hydrogen) atoms. The van der Waals surface area contributed by atoms with Crippen molar-refractivity contribution in [1.29, 1.82) is 0 Å². The Hall–Kier alpha value is -3.02. The Bertz CT molecular complexity index is 1280. The Labute approximate surface area is 187 Å². The van der Waals surface area contributed by atoms with E-state index in [4.69, 9.17) is 0 Å². The van der Waals surface area contributed by atoms with Gasteiger partial charge in [-0.3, -0.25) is 14.5 Å². The molecule has 2 aliphatic heterocycles. The molecule has 2 heterocycles. The van der Waals surface area contributed by atoms with Crippen molar-refractivity contribution < 1.29 is 21.6 Å². The van der Waals surface area contributed by atoms with Crippen molar-refractivity contribution in [1.82, 2.24) is 13.9 Å². The lowest BCUT2D eigenvalue weighted by atomic mass is 10.2. The molecule has 0 aliphatic carbocycles. The molecule has 2 aromatic rings. The molecule has 1 N–H and O–H groups in total. The molecule has 9 nitrogen and oxygen atoms in total. The molecule has 0 saturated carbocycles. The minimum absolute atomic E-state index is 0.133. The summed E-state index contributed by atoms with van der Waals surface area (Å²) >= 11 is 0. The van der Waals surface area contributed by atoms with Crippen LogP contribution in [0.25, 0.3) is 6.08 Å². The maximum Gasteiger partial charge on any atom is 0.263 e. The van der Waals surface area contributed by atoms with Gasteiger partial charge in [-0.15, -0.1) is 0 Å². The number of nitrogens with one attached hydrogen (secondary N) is 1. The smallest absolute Gasteiger partial charge is 0.263 e. The Morgan fingerprint density at radius 2 is 1.66 bits per heavy atom. The maximum absolute atomic E-state index is 12.6. The first-order valence-corrected chi connectivity index (χ1v) is 12.9. The van der Waals surface area contributed by atoms with Crippen LogP contribution in [-0.4, -0.2) is 70.5 Å². The zero-order valence-electron chi connectivity index (χ0n) is 17.1. The van der Waals surface area contributed by atoms with Crippen LogP contribution >= 0.6 is 0 Å². The predicted octanol–water partition coefficient (Wildman–Crippen LogP) is 0.870. The van der Waals surface area contributed by atoms with Crippen LogP contribution in [0.2, 0.25) is 0 Å². The molecule has 2 aliphatic rings. The second-order valence-electron chi connectivity index (χ2n) is 7.30. The Balaban J connectivity index is 1.35. The first-order chi connectivity index (χ1) is 15.3. The maximum atomic E-state index is 12.6. The van der Waals surface area contributed by atoms with Crippen molar-refractivity contribution in [2.24, 2.45) is 4.99 Å².